The molecule has 1 aromatic heterocycles. The smallest absolute Gasteiger partial charge is 0.138 e. The van der Waals surface area contributed by atoms with Gasteiger partial charge in [0.15, 0.2) is 0 Å². The number of hydrogen-bond donors (Lipinski definition) is 1. The lowest BCUT2D eigenvalue weighted by molar-refractivity contribution is 1.32. The third-order valence-electron chi connectivity index (χ3n) is 2.85. The number of para-hydroxylation sites is 1. The highest BCUT2D eigenvalue weighted by molar-refractivity contribution is 6.35. The molecule has 0 atom stereocenters. The van der Waals surface area contributed by atoms with Crippen LogP contribution < -0.4 is 0 Å². The van der Waals surface area contributed by atoms with E-state index < -0.39 is 0 Å². The van der Waals surface area contributed by atoms with Gasteiger partial charge in [-0.1, -0.05) is 41.9 Å². The van der Waals surface area contributed by atoms with Crippen LogP contribution in [0, 0.1) is 0 Å². The zero-order valence-electron chi connectivity index (χ0n) is 9.45. The summed E-state index contributed by atoms with van der Waals surface area (Å²) in [6.07, 6.45) is 0. The van der Waals surface area contributed by atoms with Crippen molar-refractivity contribution in [2.45, 2.75) is 5.88 Å². The SMILES string of the molecule is ClCc1ccc(-c2nc3c(Cl)cccc3[nH]2)cc1. The van der Waals surface area contributed by atoms with Crippen molar-refractivity contribution in [1.29, 1.82) is 0 Å². The van der Waals surface area contributed by atoms with E-state index in [0.717, 1.165) is 28.0 Å². The zero-order chi connectivity index (χ0) is 12.5. The molecule has 0 aliphatic carbocycles. The molecule has 4 heteroatoms. The van der Waals surface area contributed by atoms with Crippen LogP contribution in [0.4, 0.5) is 0 Å². The lowest BCUT2D eigenvalue weighted by Crippen LogP contribution is -1.82. The average Bonchev–Trinajstić information content (AvgIpc) is 2.84. The number of benzene rings is 2. The molecule has 0 aliphatic rings. The summed E-state index contributed by atoms with van der Waals surface area (Å²) in [6, 6.07) is 13.7. The highest BCUT2D eigenvalue weighted by Gasteiger charge is 2.07. The van der Waals surface area contributed by atoms with Crippen molar-refractivity contribution in [3.05, 3.63) is 53.1 Å². The number of rotatable bonds is 2. The van der Waals surface area contributed by atoms with Crippen molar-refractivity contribution in [2.75, 3.05) is 0 Å². The first-order chi connectivity index (χ1) is 8.78. The molecular weight excluding hydrogens is 267 g/mol. The van der Waals surface area contributed by atoms with Gasteiger partial charge in [-0.3, -0.25) is 0 Å². The highest BCUT2D eigenvalue weighted by atomic mass is 35.5. The third kappa shape index (κ3) is 1.98. The molecule has 0 saturated carbocycles. The van der Waals surface area contributed by atoms with Gasteiger partial charge in [0.25, 0.3) is 0 Å². The quantitative estimate of drug-likeness (QED) is 0.680. The molecule has 90 valence electrons. The maximum absolute atomic E-state index is 6.11. The molecule has 0 radical (unpaired) electrons. The van der Waals surface area contributed by atoms with Gasteiger partial charge in [-0.05, 0) is 17.7 Å². The molecule has 0 saturated heterocycles. The second-order valence-electron chi connectivity index (χ2n) is 4.05. The Morgan fingerprint density at radius 3 is 2.50 bits per heavy atom. The normalized spacial score (nSPS) is 11.0. The third-order valence-corrected chi connectivity index (χ3v) is 3.46. The molecule has 2 aromatic carbocycles. The maximum atomic E-state index is 6.11. The fraction of sp³-hybridized carbons (Fsp3) is 0.0714. The molecule has 0 amide bonds. The number of H-pyrrole nitrogens is 1. The Morgan fingerprint density at radius 2 is 1.83 bits per heavy atom. The van der Waals surface area contributed by atoms with E-state index in [0.29, 0.717) is 10.9 Å². The first-order valence-corrected chi connectivity index (χ1v) is 6.48. The first-order valence-electron chi connectivity index (χ1n) is 5.57. The van der Waals surface area contributed by atoms with Crippen LogP contribution in [0.25, 0.3) is 22.4 Å². The lowest BCUT2D eigenvalue weighted by Gasteiger charge is -1.98. The van der Waals surface area contributed by atoms with E-state index in [-0.39, 0.29) is 0 Å². The van der Waals surface area contributed by atoms with Crippen LogP contribution in [-0.2, 0) is 5.88 Å². The van der Waals surface area contributed by atoms with E-state index in [9.17, 15) is 0 Å². The van der Waals surface area contributed by atoms with Gasteiger partial charge in [0.05, 0.1) is 10.5 Å². The molecule has 3 rings (SSSR count). The Morgan fingerprint density at radius 1 is 1.06 bits per heavy atom. The van der Waals surface area contributed by atoms with Crippen molar-refractivity contribution >= 4 is 34.2 Å². The van der Waals surface area contributed by atoms with Gasteiger partial charge >= 0.3 is 0 Å². The summed E-state index contributed by atoms with van der Waals surface area (Å²) in [6.45, 7) is 0. The van der Waals surface area contributed by atoms with Crippen LogP contribution >= 0.6 is 23.2 Å². The molecule has 0 bridgehead atoms. The molecule has 0 spiro atoms. The molecular formula is C14H10Cl2N2. The predicted octanol–water partition coefficient (Wildman–Crippen LogP) is 4.62. The van der Waals surface area contributed by atoms with Crippen molar-refractivity contribution in [1.82, 2.24) is 9.97 Å². The van der Waals surface area contributed by atoms with E-state index in [2.05, 4.69) is 9.97 Å². The Balaban J connectivity index is 2.10. The summed E-state index contributed by atoms with van der Waals surface area (Å²) in [7, 11) is 0. The summed E-state index contributed by atoms with van der Waals surface area (Å²) in [5.41, 5.74) is 3.86. The predicted molar refractivity (Wildman–Crippen MR) is 76.1 cm³/mol. The fourth-order valence-corrected chi connectivity index (χ4v) is 2.28. The number of imidazole rings is 1. The van der Waals surface area contributed by atoms with E-state index in [1.165, 1.54) is 0 Å². The Bertz CT molecular complexity index is 687. The van der Waals surface area contributed by atoms with Crippen LogP contribution in [-0.4, -0.2) is 9.97 Å². The van der Waals surface area contributed by atoms with E-state index in [1.807, 2.05) is 42.5 Å². The van der Waals surface area contributed by atoms with E-state index in [1.54, 1.807) is 0 Å². The standard InChI is InChI=1S/C14H10Cl2N2/c15-8-9-4-6-10(7-5-9)14-17-12-3-1-2-11(16)13(12)18-14/h1-7H,8H2,(H,17,18). The first kappa shape index (κ1) is 11.6. The van der Waals surface area contributed by atoms with E-state index >= 15 is 0 Å². The number of hydrogen-bond acceptors (Lipinski definition) is 1. The van der Waals surface area contributed by atoms with Gasteiger partial charge in [0, 0.05) is 11.4 Å². The van der Waals surface area contributed by atoms with Crippen molar-refractivity contribution in [2.24, 2.45) is 0 Å². The number of halogens is 2. The fourth-order valence-electron chi connectivity index (χ4n) is 1.89. The lowest BCUT2D eigenvalue weighted by atomic mass is 10.1. The second kappa shape index (κ2) is 4.63. The summed E-state index contributed by atoms with van der Waals surface area (Å²) in [4.78, 5) is 7.78. The monoisotopic (exact) mass is 276 g/mol. The van der Waals surface area contributed by atoms with Crippen molar-refractivity contribution in [3.63, 3.8) is 0 Å². The van der Waals surface area contributed by atoms with Crippen molar-refractivity contribution < 1.29 is 0 Å². The molecule has 2 nitrogen and oxygen atoms in total. The van der Waals surface area contributed by atoms with Crippen LogP contribution in [0.5, 0.6) is 0 Å². The van der Waals surface area contributed by atoms with Crippen LogP contribution in [0.3, 0.4) is 0 Å². The minimum absolute atomic E-state index is 0.520. The Labute approximate surface area is 115 Å². The van der Waals surface area contributed by atoms with Gasteiger partial charge in [-0.2, -0.15) is 0 Å². The van der Waals surface area contributed by atoms with Gasteiger partial charge < -0.3 is 4.98 Å². The molecule has 0 fully saturated rings. The minimum atomic E-state index is 0.520. The number of aromatic nitrogens is 2. The second-order valence-corrected chi connectivity index (χ2v) is 4.73. The average molecular weight is 277 g/mol. The number of alkyl halides is 1. The summed E-state index contributed by atoms with van der Waals surface area (Å²) in [5.74, 6) is 1.34. The van der Waals surface area contributed by atoms with Crippen LogP contribution in [0.15, 0.2) is 42.5 Å². The number of aromatic amines is 1. The van der Waals surface area contributed by atoms with Gasteiger partial charge in [0.2, 0.25) is 0 Å². The molecule has 0 aliphatic heterocycles. The Kier molecular flexibility index (Phi) is 2.98. The zero-order valence-corrected chi connectivity index (χ0v) is 11.0. The summed E-state index contributed by atoms with van der Waals surface area (Å²) in [5, 5.41) is 0.660. The number of nitrogens with one attached hydrogen (secondary N) is 1. The van der Waals surface area contributed by atoms with Gasteiger partial charge in [-0.15, -0.1) is 11.6 Å². The summed E-state index contributed by atoms with van der Waals surface area (Å²) < 4.78 is 0. The minimum Gasteiger partial charge on any atom is -0.338 e. The highest BCUT2D eigenvalue weighted by Crippen LogP contribution is 2.25. The number of nitrogens with zero attached hydrogens (tertiary/aromatic N) is 1. The molecule has 1 heterocycles. The van der Waals surface area contributed by atoms with Crippen molar-refractivity contribution in [3.8, 4) is 11.4 Å². The largest absolute Gasteiger partial charge is 0.338 e. The topological polar surface area (TPSA) is 28.7 Å². The van der Waals surface area contributed by atoms with Gasteiger partial charge in [0.1, 0.15) is 11.3 Å². The number of fused-ring (bicyclic) bond motifs is 1. The molecule has 0 unspecified atom stereocenters. The Hall–Kier alpha value is -1.51. The molecule has 18 heavy (non-hydrogen) atoms. The molecule has 3 aromatic rings. The van der Waals surface area contributed by atoms with Crippen LogP contribution in [0.1, 0.15) is 5.56 Å². The van der Waals surface area contributed by atoms with E-state index in [4.69, 9.17) is 23.2 Å². The van der Waals surface area contributed by atoms with Crippen LogP contribution in [0.2, 0.25) is 5.02 Å². The summed E-state index contributed by atoms with van der Waals surface area (Å²) >= 11 is 11.9. The molecule has 1 N–H and O–H groups in total. The van der Waals surface area contributed by atoms with Gasteiger partial charge in [-0.25, -0.2) is 4.98 Å². The maximum Gasteiger partial charge on any atom is 0.138 e.